The summed E-state index contributed by atoms with van der Waals surface area (Å²) in [6, 6.07) is 12.8. The SMILES string of the molecule is C1CCNC1.CC.CC.CCO/C=C/C(C)=O.N#Cc1cn[nH]c1N.N#Cc1cnn2ccc(=O)[nH]c12.N#Cc1cnn2ccc(Cl)nc12.N#Cc1cnn2ccc(N3CCCC3)nc12.O=P(Cl)(Cl)Cl. The second-order valence-electron chi connectivity index (χ2n) is 12.9. The van der Waals surface area contributed by atoms with E-state index in [4.69, 9.17) is 43.1 Å². The first-order valence-corrected chi connectivity index (χ1v) is 26.2. The number of hydrogen-bond acceptors (Lipinski definition) is 17. The fourth-order valence-electron chi connectivity index (χ4n) is 5.22. The van der Waals surface area contributed by atoms with E-state index in [1.54, 1.807) is 23.0 Å². The quantitative estimate of drug-likeness (QED) is 0.0555. The van der Waals surface area contributed by atoms with Gasteiger partial charge < -0.3 is 25.7 Å². The molecule has 0 bridgehead atoms. The summed E-state index contributed by atoms with van der Waals surface area (Å²) in [5.41, 5.74) is 8.26. The topological polar surface area (TPSA) is 319 Å². The van der Waals surface area contributed by atoms with Crippen LogP contribution in [0, 0.1) is 45.3 Å². The van der Waals surface area contributed by atoms with Crippen LogP contribution in [0.1, 0.15) is 89.5 Å². The highest BCUT2D eigenvalue weighted by molar-refractivity contribution is 8.24. The molecule has 0 aliphatic carbocycles. The third-order valence-electron chi connectivity index (χ3n) is 8.20. The normalized spacial score (nSPS) is 11.8. The Morgan fingerprint density at radius 1 is 0.786 bits per heavy atom. The first kappa shape index (κ1) is 61.0. The highest BCUT2D eigenvalue weighted by atomic mass is 36.0. The van der Waals surface area contributed by atoms with Gasteiger partial charge in [-0.25, -0.2) is 23.5 Å². The Bertz CT molecular complexity index is 2940. The van der Waals surface area contributed by atoms with Crippen molar-refractivity contribution in [1.29, 1.82) is 21.0 Å². The maximum Gasteiger partial charge on any atom is 0.339 e. The lowest BCUT2D eigenvalue weighted by molar-refractivity contribution is -0.112. The van der Waals surface area contributed by atoms with Crippen molar-refractivity contribution in [1.82, 2.24) is 59.3 Å². The van der Waals surface area contributed by atoms with E-state index >= 15 is 0 Å². The molecule has 2 saturated heterocycles. The molecule has 22 nitrogen and oxygen atoms in total. The molecule has 0 amide bonds. The van der Waals surface area contributed by atoms with Crippen LogP contribution in [0.25, 0.3) is 16.9 Å². The Kier molecular flexibility index (Phi) is 29.9. The van der Waals surface area contributed by atoms with Crippen molar-refractivity contribution >= 4 is 84.9 Å². The number of nitrogen functional groups attached to an aromatic ring is 1. The summed E-state index contributed by atoms with van der Waals surface area (Å²) in [7, 11) is 0. The number of carbonyl (C=O) groups excluding carboxylic acids is 1. The van der Waals surface area contributed by atoms with Gasteiger partial charge in [0.15, 0.2) is 22.7 Å². The monoisotopic (exact) mass is 1060 g/mol. The largest absolute Gasteiger partial charge is 0.501 e. The predicted molar refractivity (Wildman–Crippen MR) is 272 cm³/mol. The minimum absolute atomic E-state index is 0.0125. The number of nitrogens with two attached hydrogens (primary N) is 1. The number of rotatable bonds is 4. The molecular weight excluding hydrogens is 1010 g/mol. The van der Waals surface area contributed by atoms with Gasteiger partial charge in [0.1, 0.15) is 63.3 Å². The average Bonchev–Trinajstić information content (AvgIpc) is 4.23. The number of ketones is 1. The molecule has 2 fully saturated rings. The molecule has 7 aromatic rings. The van der Waals surface area contributed by atoms with Gasteiger partial charge in [0.05, 0.1) is 37.7 Å². The lowest BCUT2D eigenvalue weighted by Crippen LogP contribution is -2.19. The van der Waals surface area contributed by atoms with E-state index in [0.717, 1.165) is 18.9 Å². The fourth-order valence-corrected chi connectivity index (χ4v) is 5.35. The minimum Gasteiger partial charge on any atom is -0.501 e. The average molecular weight is 1060 g/mol. The van der Waals surface area contributed by atoms with Crippen LogP contribution in [0.15, 0.2) is 78.7 Å². The molecule has 2 aliphatic rings. The van der Waals surface area contributed by atoms with Crippen LogP contribution in [0.4, 0.5) is 11.6 Å². The molecule has 9 rings (SSSR count). The van der Waals surface area contributed by atoms with Gasteiger partial charge in [-0.3, -0.25) is 19.3 Å². The van der Waals surface area contributed by atoms with Crippen LogP contribution in [0.3, 0.4) is 0 Å². The van der Waals surface area contributed by atoms with Crippen molar-refractivity contribution in [2.24, 2.45) is 0 Å². The molecule has 7 aromatic heterocycles. The molecule has 372 valence electrons. The number of hydrogen-bond donors (Lipinski definition) is 4. The molecular formula is C43H53Cl4N18O4P. The van der Waals surface area contributed by atoms with Crippen LogP contribution in [-0.4, -0.2) is 92.6 Å². The smallest absolute Gasteiger partial charge is 0.339 e. The van der Waals surface area contributed by atoms with E-state index in [-0.39, 0.29) is 11.3 Å². The Balaban J connectivity index is 0.000000417. The predicted octanol–water partition coefficient (Wildman–Crippen LogP) is 8.57. The van der Waals surface area contributed by atoms with Crippen LogP contribution in [0.2, 0.25) is 5.15 Å². The molecule has 0 radical (unpaired) electrons. The number of ether oxygens (including phenoxy) is 1. The van der Waals surface area contributed by atoms with Crippen molar-refractivity contribution in [3.8, 4) is 24.3 Å². The number of aromatic amines is 2. The summed E-state index contributed by atoms with van der Waals surface area (Å²) in [5.74, 6) is 1.29. The van der Waals surface area contributed by atoms with Crippen molar-refractivity contribution < 1.29 is 14.1 Å². The first-order valence-electron chi connectivity index (χ1n) is 21.4. The maximum atomic E-state index is 10.8. The lowest BCUT2D eigenvalue weighted by Gasteiger charge is -2.15. The fraction of sp³-hybridized carbons (Fsp3) is 0.349. The summed E-state index contributed by atoms with van der Waals surface area (Å²) in [6.07, 6.45) is 18.8. The van der Waals surface area contributed by atoms with Crippen molar-refractivity contribution in [2.75, 3.05) is 43.4 Å². The number of halogens is 4. The molecule has 27 heteroatoms. The highest BCUT2D eigenvalue weighted by Gasteiger charge is 2.15. The molecule has 0 saturated carbocycles. The summed E-state index contributed by atoms with van der Waals surface area (Å²) < 4.78 is 18.8. The van der Waals surface area contributed by atoms with Gasteiger partial charge >= 0.3 is 5.20 Å². The number of carbonyl (C=O) groups is 1. The van der Waals surface area contributed by atoms with Gasteiger partial charge in [-0.05, 0) is 98.5 Å². The summed E-state index contributed by atoms with van der Waals surface area (Å²) in [5, 5.41) is 52.5. The molecule has 0 unspecified atom stereocenters. The number of nitriles is 4. The molecule has 9 heterocycles. The van der Waals surface area contributed by atoms with Crippen molar-refractivity contribution in [3.05, 3.63) is 112 Å². The number of fused-ring (bicyclic) bond motifs is 3. The highest BCUT2D eigenvalue weighted by Crippen LogP contribution is 2.61. The summed E-state index contributed by atoms with van der Waals surface area (Å²) in [4.78, 5) is 34.2. The number of aromatic nitrogens is 11. The van der Waals surface area contributed by atoms with Gasteiger partial charge in [-0.15, -0.1) is 0 Å². The number of anilines is 2. The zero-order chi connectivity index (χ0) is 52.5. The van der Waals surface area contributed by atoms with Gasteiger partial charge in [-0.2, -0.15) is 41.4 Å². The van der Waals surface area contributed by atoms with E-state index in [1.165, 1.54) is 97.9 Å². The van der Waals surface area contributed by atoms with Crippen LogP contribution in [-0.2, 0) is 14.1 Å². The van der Waals surface area contributed by atoms with E-state index in [9.17, 15) is 14.2 Å². The number of nitrogens with one attached hydrogen (secondary N) is 3. The standard InChI is InChI=1S/C11H11N5.C7H3ClN4.C7H4N4O.C6H10O2.C4H4N4.C4H9N.2C2H6.Cl3OP/c12-7-9-8-13-16-6-3-10(14-11(9)16)15-4-1-2-5-15;8-6-1-2-12-7(11-6)5(3-9)4-10-12;8-3-5-4-9-11-2-1-6(12)10-7(5)11;1-3-8-5-4-6(2)7;5-1-3-2-7-8-4(3)6;1-2-4-5-3-1;2*1-2;1-5(2,3)4/h3,6,8H,1-2,4-5H2;1-2,4H;1-2,4H,(H,10,12);4-5H,3H2,1-2H3;2H,(H3,6,7,8);5H,1-4H2;2*1-2H3;/b;;;5-4+;;;;;. The molecule has 70 heavy (non-hydrogen) atoms. The Labute approximate surface area is 423 Å². The summed E-state index contributed by atoms with van der Waals surface area (Å²) in [6.45, 7) is 16.6. The van der Waals surface area contributed by atoms with Gasteiger partial charge in [0.2, 0.25) is 0 Å². The Hall–Kier alpha value is -7.01. The zero-order valence-corrected chi connectivity index (χ0v) is 43.1. The third kappa shape index (κ3) is 22.9. The van der Waals surface area contributed by atoms with Crippen LogP contribution >= 0.6 is 50.5 Å². The molecule has 0 aromatic carbocycles. The number of H-pyrrole nitrogens is 2. The Morgan fingerprint density at radius 3 is 1.74 bits per heavy atom. The van der Waals surface area contributed by atoms with E-state index in [1.807, 2.05) is 65.1 Å². The minimum atomic E-state index is -3.22. The third-order valence-corrected chi connectivity index (χ3v) is 8.41. The lowest BCUT2D eigenvalue weighted by atomic mass is 10.4. The molecule has 5 N–H and O–H groups in total. The maximum absolute atomic E-state index is 10.8. The zero-order valence-electron chi connectivity index (χ0n) is 39.2. The van der Waals surface area contributed by atoms with Crippen LogP contribution < -0.4 is 21.5 Å². The molecule has 2 aliphatic heterocycles. The second kappa shape index (κ2) is 34.3. The molecule has 0 spiro atoms. The van der Waals surface area contributed by atoms with Gasteiger partial charge in [0.25, 0.3) is 5.56 Å². The van der Waals surface area contributed by atoms with Crippen molar-refractivity contribution in [2.45, 2.75) is 67.2 Å². The van der Waals surface area contributed by atoms with Crippen LogP contribution in [0.5, 0.6) is 0 Å². The Morgan fingerprint density at radius 2 is 1.29 bits per heavy atom. The van der Waals surface area contributed by atoms with E-state index in [2.05, 4.69) is 90.5 Å². The summed E-state index contributed by atoms with van der Waals surface area (Å²) >= 11 is 19.5. The number of allylic oxidation sites excluding steroid dienone is 1. The van der Waals surface area contributed by atoms with Crippen molar-refractivity contribution in [3.63, 3.8) is 0 Å². The molecule has 0 atom stereocenters. The van der Waals surface area contributed by atoms with E-state index < -0.39 is 5.20 Å². The van der Waals surface area contributed by atoms with E-state index in [0.29, 0.717) is 56.8 Å². The first-order chi connectivity index (χ1) is 33.6. The number of nitrogens with zero attached hydrogens (tertiary/aromatic N) is 14. The second-order valence-corrected chi connectivity index (χ2v) is 19.9. The van der Waals surface area contributed by atoms with Gasteiger partial charge in [0, 0.05) is 43.8 Å². The van der Waals surface area contributed by atoms with Gasteiger partial charge in [-0.1, -0.05) is 39.3 Å².